The van der Waals surface area contributed by atoms with E-state index in [4.69, 9.17) is 0 Å². The molecule has 3 heterocycles. The Bertz CT molecular complexity index is 1130. The molecule has 2 N–H and O–H groups in total. The van der Waals surface area contributed by atoms with Crippen LogP contribution in [0.3, 0.4) is 0 Å². The van der Waals surface area contributed by atoms with Gasteiger partial charge in [0.25, 0.3) is 11.8 Å². The van der Waals surface area contributed by atoms with Gasteiger partial charge < -0.3 is 15.2 Å². The maximum absolute atomic E-state index is 12.7. The molecule has 0 spiro atoms. The van der Waals surface area contributed by atoms with E-state index < -0.39 is 5.91 Å². The minimum atomic E-state index is -0.513. The second-order valence-electron chi connectivity index (χ2n) is 7.44. The van der Waals surface area contributed by atoms with Gasteiger partial charge in [-0.05, 0) is 50.5 Å². The Labute approximate surface area is 167 Å². The van der Waals surface area contributed by atoms with Gasteiger partial charge in [0.15, 0.2) is 0 Å². The van der Waals surface area contributed by atoms with E-state index in [1.807, 2.05) is 4.90 Å². The number of anilines is 1. The lowest BCUT2D eigenvalue weighted by atomic mass is 10.0. The molecule has 0 saturated carbocycles. The van der Waals surface area contributed by atoms with Crippen molar-refractivity contribution in [3.05, 3.63) is 58.0 Å². The van der Waals surface area contributed by atoms with Crippen LogP contribution in [0.1, 0.15) is 46.9 Å². The summed E-state index contributed by atoms with van der Waals surface area (Å²) in [7, 11) is 1.71. The number of piperidine rings is 1. The highest BCUT2D eigenvalue weighted by atomic mass is 16.2. The summed E-state index contributed by atoms with van der Waals surface area (Å²) in [5.74, 6) is -0.505. The van der Waals surface area contributed by atoms with Gasteiger partial charge in [0.05, 0.1) is 11.6 Å². The van der Waals surface area contributed by atoms with E-state index in [-0.39, 0.29) is 22.9 Å². The van der Waals surface area contributed by atoms with Crippen molar-refractivity contribution in [2.24, 2.45) is 7.05 Å². The summed E-state index contributed by atoms with van der Waals surface area (Å²) in [5.41, 5.74) is 1.29. The van der Waals surface area contributed by atoms with E-state index in [1.165, 1.54) is 17.1 Å². The summed E-state index contributed by atoms with van der Waals surface area (Å²) in [4.78, 5) is 42.7. The summed E-state index contributed by atoms with van der Waals surface area (Å²) in [5, 5.41) is 7.10. The molecule has 0 bridgehead atoms. The van der Waals surface area contributed by atoms with Gasteiger partial charge >= 0.3 is 0 Å². The first-order chi connectivity index (χ1) is 14.0. The van der Waals surface area contributed by atoms with Gasteiger partial charge in [-0.1, -0.05) is 0 Å². The molecular formula is C21H23N5O3. The van der Waals surface area contributed by atoms with E-state index >= 15 is 0 Å². The van der Waals surface area contributed by atoms with Crippen LogP contribution >= 0.6 is 0 Å². The lowest BCUT2D eigenvalue weighted by molar-refractivity contribution is 0.0635. The van der Waals surface area contributed by atoms with Gasteiger partial charge in [0, 0.05) is 37.1 Å². The van der Waals surface area contributed by atoms with Gasteiger partial charge in [-0.2, -0.15) is 5.10 Å². The third kappa shape index (κ3) is 3.53. The predicted molar refractivity (Wildman–Crippen MR) is 110 cm³/mol. The quantitative estimate of drug-likeness (QED) is 0.714. The standard InChI is InChI=1S/C21H23N5O3/c1-13-5-3-4-10-26(13)21(29)14-6-8-15(9-7-14)24-20(28)17-11-22-19-16(18(17)27)12-23-25(19)2/h6-9,11-13H,3-5,10H2,1-2H3,(H,22,27)(H,24,28). The fraction of sp³-hybridized carbons (Fsp3) is 0.333. The summed E-state index contributed by atoms with van der Waals surface area (Å²) in [6, 6.07) is 7.00. The zero-order valence-electron chi connectivity index (χ0n) is 16.4. The van der Waals surface area contributed by atoms with Crippen LogP contribution in [0, 0.1) is 0 Å². The van der Waals surface area contributed by atoms with Crippen molar-refractivity contribution < 1.29 is 9.59 Å². The van der Waals surface area contributed by atoms with Crippen LogP contribution in [-0.4, -0.2) is 44.1 Å². The minimum Gasteiger partial charge on any atom is -0.345 e. The zero-order valence-corrected chi connectivity index (χ0v) is 16.4. The van der Waals surface area contributed by atoms with Crippen molar-refractivity contribution in [1.82, 2.24) is 19.7 Å². The number of pyridine rings is 1. The Morgan fingerprint density at radius 1 is 1.21 bits per heavy atom. The van der Waals surface area contributed by atoms with Crippen LogP contribution in [0.15, 0.2) is 41.5 Å². The molecule has 1 aromatic carbocycles. The molecule has 29 heavy (non-hydrogen) atoms. The number of nitrogens with zero attached hydrogens (tertiary/aromatic N) is 3. The van der Waals surface area contributed by atoms with Crippen LogP contribution in [0.25, 0.3) is 11.0 Å². The van der Waals surface area contributed by atoms with Crippen LogP contribution < -0.4 is 10.7 Å². The number of fused-ring (bicyclic) bond motifs is 1. The monoisotopic (exact) mass is 393 g/mol. The van der Waals surface area contributed by atoms with Crippen molar-refractivity contribution in [1.29, 1.82) is 0 Å². The minimum absolute atomic E-state index is 0.00722. The highest BCUT2D eigenvalue weighted by Gasteiger charge is 2.24. The van der Waals surface area contributed by atoms with Gasteiger partial charge in [0.2, 0.25) is 5.43 Å². The lowest BCUT2D eigenvalue weighted by Crippen LogP contribution is -2.42. The number of aromatic nitrogens is 3. The largest absolute Gasteiger partial charge is 0.345 e. The number of likely N-dealkylation sites (tertiary alicyclic amines) is 1. The Hall–Kier alpha value is -3.42. The van der Waals surface area contributed by atoms with Crippen LogP contribution in [0.5, 0.6) is 0 Å². The molecule has 8 nitrogen and oxygen atoms in total. The Kier molecular flexibility index (Phi) is 4.92. The summed E-state index contributed by atoms with van der Waals surface area (Å²) < 4.78 is 1.54. The molecule has 3 aromatic rings. The fourth-order valence-corrected chi connectivity index (χ4v) is 3.75. The summed E-state index contributed by atoms with van der Waals surface area (Å²) in [6.07, 6.45) is 6.03. The summed E-state index contributed by atoms with van der Waals surface area (Å²) in [6.45, 7) is 2.85. The molecule has 150 valence electrons. The normalized spacial score (nSPS) is 16.8. The van der Waals surface area contributed by atoms with E-state index in [0.717, 1.165) is 25.8 Å². The highest BCUT2D eigenvalue weighted by Crippen LogP contribution is 2.20. The number of hydrogen-bond donors (Lipinski definition) is 2. The molecule has 2 amide bonds. The number of carbonyl (C=O) groups is 2. The Morgan fingerprint density at radius 2 is 1.97 bits per heavy atom. The molecule has 1 unspecified atom stereocenters. The Balaban J connectivity index is 1.50. The molecule has 1 aliphatic heterocycles. The molecule has 2 aromatic heterocycles. The number of aromatic amines is 1. The lowest BCUT2D eigenvalue weighted by Gasteiger charge is -2.33. The molecule has 1 saturated heterocycles. The van der Waals surface area contributed by atoms with Crippen molar-refractivity contribution in [2.75, 3.05) is 11.9 Å². The highest BCUT2D eigenvalue weighted by molar-refractivity contribution is 6.05. The second kappa shape index (κ2) is 7.54. The maximum atomic E-state index is 12.7. The Morgan fingerprint density at radius 3 is 2.69 bits per heavy atom. The zero-order chi connectivity index (χ0) is 20.5. The topological polar surface area (TPSA) is 100 Å². The number of rotatable bonds is 3. The number of aryl methyl sites for hydroxylation is 1. The number of carbonyl (C=O) groups excluding carboxylic acids is 2. The third-order valence-corrected chi connectivity index (χ3v) is 5.48. The van der Waals surface area contributed by atoms with E-state index in [2.05, 4.69) is 22.3 Å². The first-order valence-corrected chi connectivity index (χ1v) is 9.71. The van der Waals surface area contributed by atoms with Crippen molar-refractivity contribution in [3.63, 3.8) is 0 Å². The predicted octanol–water partition coefficient (Wildman–Crippen LogP) is 2.53. The van der Waals surface area contributed by atoms with Gasteiger partial charge in [0.1, 0.15) is 11.2 Å². The van der Waals surface area contributed by atoms with Crippen LogP contribution in [-0.2, 0) is 7.05 Å². The van der Waals surface area contributed by atoms with E-state index in [1.54, 1.807) is 31.3 Å². The molecular weight excluding hydrogens is 370 g/mol. The van der Waals surface area contributed by atoms with Crippen LogP contribution in [0.2, 0.25) is 0 Å². The fourth-order valence-electron chi connectivity index (χ4n) is 3.75. The number of hydrogen-bond acceptors (Lipinski definition) is 4. The molecule has 1 fully saturated rings. The molecule has 0 aliphatic carbocycles. The molecule has 1 aliphatic rings. The van der Waals surface area contributed by atoms with E-state index in [9.17, 15) is 14.4 Å². The first-order valence-electron chi connectivity index (χ1n) is 9.71. The molecule has 8 heteroatoms. The number of nitrogens with one attached hydrogen (secondary N) is 2. The van der Waals surface area contributed by atoms with Gasteiger partial charge in [-0.3, -0.25) is 19.1 Å². The SMILES string of the molecule is CC1CCCCN1C(=O)c1ccc(NC(=O)c2c[nH]c3c(cnn3C)c2=O)cc1. The molecule has 0 radical (unpaired) electrons. The second-order valence-corrected chi connectivity index (χ2v) is 7.44. The van der Waals surface area contributed by atoms with Crippen molar-refractivity contribution in [3.8, 4) is 0 Å². The third-order valence-electron chi connectivity index (χ3n) is 5.48. The smallest absolute Gasteiger partial charge is 0.261 e. The van der Waals surface area contributed by atoms with Gasteiger partial charge in [-0.15, -0.1) is 0 Å². The van der Waals surface area contributed by atoms with Crippen LogP contribution in [0.4, 0.5) is 5.69 Å². The molecule has 4 rings (SSSR count). The number of amides is 2. The summed E-state index contributed by atoms with van der Waals surface area (Å²) >= 11 is 0. The van der Waals surface area contributed by atoms with E-state index in [0.29, 0.717) is 22.3 Å². The van der Waals surface area contributed by atoms with Crippen molar-refractivity contribution >= 4 is 28.5 Å². The first kappa shape index (κ1) is 18.9. The van der Waals surface area contributed by atoms with Gasteiger partial charge in [-0.25, -0.2) is 0 Å². The average Bonchev–Trinajstić information content (AvgIpc) is 3.10. The number of H-pyrrole nitrogens is 1. The average molecular weight is 393 g/mol. The molecule has 1 atom stereocenters. The van der Waals surface area contributed by atoms with Crippen molar-refractivity contribution in [2.45, 2.75) is 32.2 Å². The number of benzene rings is 1. The maximum Gasteiger partial charge on any atom is 0.261 e.